The maximum absolute atomic E-state index is 11.6. The largest absolute Gasteiger partial charge is 0.326 e. The smallest absolute Gasteiger partial charge is 0.225 e. The third kappa shape index (κ3) is 4.83. The minimum atomic E-state index is 0.0322. The lowest BCUT2D eigenvalue weighted by atomic mass is 10.1. The van der Waals surface area contributed by atoms with Gasteiger partial charge in [0.1, 0.15) is 0 Å². The zero-order valence-electron chi connectivity index (χ0n) is 10.5. The lowest BCUT2D eigenvalue weighted by molar-refractivity contribution is -0.116. The number of nitrogens with one attached hydrogen (secondary N) is 2. The van der Waals surface area contributed by atoms with E-state index in [2.05, 4.69) is 24.1 Å². The van der Waals surface area contributed by atoms with Crippen molar-refractivity contribution in [1.82, 2.24) is 5.32 Å². The van der Waals surface area contributed by atoms with E-state index in [0.717, 1.165) is 12.2 Å². The Morgan fingerprint density at radius 2 is 2.12 bits per heavy atom. The van der Waals surface area contributed by atoms with Crippen molar-refractivity contribution in [2.75, 3.05) is 18.4 Å². The van der Waals surface area contributed by atoms with Crippen molar-refractivity contribution >= 4 is 11.6 Å². The molecule has 3 nitrogen and oxygen atoms in total. The van der Waals surface area contributed by atoms with Crippen molar-refractivity contribution in [3.05, 3.63) is 42.0 Å². The summed E-state index contributed by atoms with van der Waals surface area (Å²) in [6, 6.07) is 5.93. The standard InChI is InChI=1S/C14H20N2O/c1-4-8-15-9-7-14(17)16-13-6-5-11(2)12(3)10-13/h4-6,10,15H,1,7-9H2,2-3H3,(H,16,17). The van der Waals surface area contributed by atoms with Crippen LogP contribution in [0.2, 0.25) is 0 Å². The first-order chi connectivity index (χ1) is 8.13. The topological polar surface area (TPSA) is 41.1 Å². The number of hydrogen-bond donors (Lipinski definition) is 2. The summed E-state index contributed by atoms with van der Waals surface area (Å²) >= 11 is 0. The Labute approximate surface area is 103 Å². The van der Waals surface area contributed by atoms with Crippen LogP contribution in [0.25, 0.3) is 0 Å². The van der Waals surface area contributed by atoms with Gasteiger partial charge in [-0.2, -0.15) is 0 Å². The van der Waals surface area contributed by atoms with Gasteiger partial charge < -0.3 is 10.6 Å². The Morgan fingerprint density at radius 1 is 1.35 bits per heavy atom. The van der Waals surface area contributed by atoms with Gasteiger partial charge in [-0.05, 0) is 37.1 Å². The third-order valence-electron chi connectivity index (χ3n) is 2.61. The lowest BCUT2D eigenvalue weighted by Gasteiger charge is -2.07. The molecule has 0 aromatic heterocycles. The molecular formula is C14H20N2O. The van der Waals surface area contributed by atoms with E-state index < -0.39 is 0 Å². The van der Waals surface area contributed by atoms with E-state index in [1.54, 1.807) is 6.08 Å². The lowest BCUT2D eigenvalue weighted by Crippen LogP contribution is -2.21. The number of hydrogen-bond acceptors (Lipinski definition) is 2. The molecule has 3 heteroatoms. The molecule has 0 spiro atoms. The molecule has 0 aliphatic rings. The molecular weight excluding hydrogens is 212 g/mol. The van der Waals surface area contributed by atoms with Gasteiger partial charge in [0, 0.05) is 25.2 Å². The number of carbonyl (C=O) groups is 1. The molecule has 0 aliphatic carbocycles. The van der Waals surface area contributed by atoms with E-state index in [-0.39, 0.29) is 5.91 Å². The zero-order chi connectivity index (χ0) is 12.7. The second kappa shape index (κ2) is 6.86. The summed E-state index contributed by atoms with van der Waals surface area (Å²) in [7, 11) is 0. The van der Waals surface area contributed by atoms with Gasteiger partial charge in [-0.15, -0.1) is 6.58 Å². The molecule has 2 N–H and O–H groups in total. The van der Waals surface area contributed by atoms with Gasteiger partial charge in [-0.25, -0.2) is 0 Å². The fraction of sp³-hybridized carbons (Fsp3) is 0.357. The Balaban J connectivity index is 2.39. The van der Waals surface area contributed by atoms with Crippen molar-refractivity contribution < 1.29 is 4.79 Å². The highest BCUT2D eigenvalue weighted by Crippen LogP contribution is 2.14. The third-order valence-corrected chi connectivity index (χ3v) is 2.61. The van der Waals surface area contributed by atoms with Gasteiger partial charge in [0.2, 0.25) is 5.91 Å². The van der Waals surface area contributed by atoms with Crippen LogP contribution in [0.1, 0.15) is 17.5 Å². The first kappa shape index (κ1) is 13.5. The van der Waals surface area contributed by atoms with Crippen LogP contribution in [0.15, 0.2) is 30.9 Å². The van der Waals surface area contributed by atoms with E-state index in [1.807, 2.05) is 25.1 Å². The molecule has 1 rings (SSSR count). The molecule has 17 heavy (non-hydrogen) atoms. The highest BCUT2D eigenvalue weighted by molar-refractivity contribution is 5.90. The number of aryl methyl sites for hydroxylation is 2. The van der Waals surface area contributed by atoms with E-state index in [0.29, 0.717) is 13.0 Å². The molecule has 0 saturated heterocycles. The molecule has 0 bridgehead atoms. The molecule has 0 unspecified atom stereocenters. The molecule has 0 heterocycles. The SMILES string of the molecule is C=CCNCCC(=O)Nc1ccc(C)c(C)c1. The average Bonchev–Trinajstić information content (AvgIpc) is 2.30. The first-order valence-corrected chi connectivity index (χ1v) is 5.82. The maximum atomic E-state index is 11.6. The number of amides is 1. The number of benzene rings is 1. The van der Waals surface area contributed by atoms with Crippen molar-refractivity contribution in [3.63, 3.8) is 0 Å². The quantitative estimate of drug-likeness (QED) is 0.584. The summed E-state index contributed by atoms with van der Waals surface area (Å²) in [5, 5.41) is 5.98. The molecule has 0 radical (unpaired) electrons. The van der Waals surface area contributed by atoms with Gasteiger partial charge in [0.15, 0.2) is 0 Å². The van der Waals surface area contributed by atoms with Gasteiger partial charge in [-0.3, -0.25) is 4.79 Å². The number of rotatable bonds is 6. The van der Waals surface area contributed by atoms with E-state index >= 15 is 0 Å². The van der Waals surface area contributed by atoms with Crippen molar-refractivity contribution in [3.8, 4) is 0 Å². The van der Waals surface area contributed by atoms with Gasteiger partial charge in [0.25, 0.3) is 0 Å². The molecule has 0 fully saturated rings. The van der Waals surface area contributed by atoms with Crippen LogP contribution in [0, 0.1) is 13.8 Å². The molecule has 92 valence electrons. The van der Waals surface area contributed by atoms with E-state index in [9.17, 15) is 4.79 Å². The molecule has 0 saturated carbocycles. The fourth-order valence-electron chi connectivity index (χ4n) is 1.45. The predicted molar refractivity (Wildman–Crippen MR) is 72.2 cm³/mol. The summed E-state index contributed by atoms with van der Waals surface area (Å²) in [5.74, 6) is 0.0322. The second-order valence-corrected chi connectivity index (χ2v) is 4.09. The van der Waals surface area contributed by atoms with E-state index in [1.165, 1.54) is 11.1 Å². The Bertz CT molecular complexity index is 399. The van der Waals surface area contributed by atoms with Crippen LogP contribution < -0.4 is 10.6 Å². The van der Waals surface area contributed by atoms with Crippen LogP contribution in [0.3, 0.4) is 0 Å². The second-order valence-electron chi connectivity index (χ2n) is 4.09. The number of carbonyl (C=O) groups excluding carboxylic acids is 1. The summed E-state index contributed by atoms with van der Waals surface area (Å²) in [4.78, 5) is 11.6. The van der Waals surface area contributed by atoms with Crippen LogP contribution >= 0.6 is 0 Å². The zero-order valence-corrected chi connectivity index (χ0v) is 10.5. The minimum Gasteiger partial charge on any atom is -0.326 e. The highest BCUT2D eigenvalue weighted by atomic mass is 16.1. The number of anilines is 1. The summed E-state index contributed by atoms with van der Waals surface area (Å²) < 4.78 is 0. The van der Waals surface area contributed by atoms with Gasteiger partial charge >= 0.3 is 0 Å². The van der Waals surface area contributed by atoms with Crippen molar-refractivity contribution in [1.29, 1.82) is 0 Å². The molecule has 0 aliphatic heterocycles. The Hall–Kier alpha value is -1.61. The highest BCUT2D eigenvalue weighted by Gasteiger charge is 2.02. The summed E-state index contributed by atoms with van der Waals surface area (Å²) in [5.41, 5.74) is 3.28. The van der Waals surface area contributed by atoms with Crippen LogP contribution in [0.5, 0.6) is 0 Å². The monoisotopic (exact) mass is 232 g/mol. The fourth-order valence-corrected chi connectivity index (χ4v) is 1.45. The van der Waals surface area contributed by atoms with Crippen LogP contribution in [-0.4, -0.2) is 19.0 Å². The Morgan fingerprint density at radius 3 is 2.76 bits per heavy atom. The molecule has 1 aromatic rings. The minimum absolute atomic E-state index is 0.0322. The van der Waals surface area contributed by atoms with Crippen LogP contribution in [-0.2, 0) is 4.79 Å². The van der Waals surface area contributed by atoms with Gasteiger partial charge in [-0.1, -0.05) is 12.1 Å². The normalized spacial score (nSPS) is 10.0. The predicted octanol–water partition coefficient (Wildman–Crippen LogP) is 2.41. The van der Waals surface area contributed by atoms with E-state index in [4.69, 9.17) is 0 Å². The summed E-state index contributed by atoms with van der Waals surface area (Å²) in [6.07, 6.45) is 2.25. The van der Waals surface area contributed by atoms with Gasteiger partial charge in [0.05, 0.1) is 0 Å². The Kier molecular flexibility index (Phi) is 5.43. The maximum Gasteiger partial charge on any atom is 0.225 e. The molecule has 0 atom stereocenters. The summed E-state index contributed by atoms with van der Waals surface area (Å²) in [6.45, 7) is 9.10. The van der Waals surface area contributed by atoms with Crippen molar-refractivity contribution in [2.24, 2.45) is 0 Å². The average molecular weight is 232 g/mol. The molecule has 1 amide bonds. The molecule has 1 aromatic carbocycles. The first-order valence-electron chi connectivity index (χ1n) is 5.82. The van der Waals surface area contributed by atoms with Crippen LogP contribution in [0.4, 0.5) is 5.69 Å². The van der Waals surface area contributed by atoms with Crippen molar-refractivity contribution in [2.45, 2.75) is 20.3 Å².